The Hall–Kier alpha value is -1.30. The molecule has 17 heavy (non-hydrogen) atoms. The van der Waals surface area contributed by atoms with Crippen LogP contribution >= 0.6 is 0 Å². The zero-order chi connectivity index (χ0) is 12.3. The highest BCUT2D eigenvalue weighted by Crippen LogP contribution is 2.37. The Labute approximate surface area is 103 Å². The Morgan fingerprint density at radius 3 is 2.24 bits per heavy atom. The van der Waals surface area contributed by atoms with Crippen LogP contribution in [0.3, 0.4) is 0 Å². The van der Waals surface area contributed by atoms with E-state index in [9.17, 15) is 9.59 Å². The van der Waals surface area contributed by atoms with Gasteiger partial charge in [0.25, 0.3) is 0 Å². The highest BCUT2D eigenvalue weighted by molar-refractivity contribution is 6.05. The third-order valence-electron chi connectivity index (χ3n) is 3.89. The van der Waals surface area contributed by atoms with Crippen molar-refractivity contribution in [3.63, 3.8) is 0 Å². The highest BCUT2D eigenvalue weighted by atomic mass is 16.2. The third-order valence-corrected chi connectivity index (χ3v) is 3.89. The van der Waals surface area contributed by atoms with Crippen LogP contribution in [-0.2, 0) is 9.59 Å². The van der Waals surface area contributed by atoms with Crippen LogP contribution in [0.1, 0.15) is 44.9 Å². The number of carbonyl (C=O) groups excluding carboxylic acids is 2. The molecule has 0 radical (unpaired) electrons. The summed E-state index contributed by atoms with van der Waals surface area (Å²) in [5.41, 5.74) is 0. The van der Waals surface area contributed by atoms with Gasteiger partial charge in [0.2, 0.25) is 11.8 Å². The monoisotopic (exact) mass is 233 g/mol. The maximum atomic E-state index is 12.1. The van der Waals surface area contributed by atoms with Crippen molar-refractivity contribution in [3.8, 4) is 12.3 Å². The van der Waals surface area contributed by atoms with Gasteiger partial charge in [-0.15, -0.1) is 12.3 Å². The summed E-state index contributed by atoms with van der Waals surface area (Å²) >= 11 is 0. The van der Waals surface area contributed by atoms with Crippen molar-refractivity contribution in [3.05, 3.63) is 0 Å². The van der Waals surface area contributed by atoms with E-state index in [1.165, 1.54) is 4.90 Å². The maximum absolute atomic E-state index is 12.1. The molecule has 1 saturated heterocycles. The Bertz CT molecular complexity index is 332. The number of hydrogen-bond acceptors (Lipinski definition) is 2. The van der Waals surface area contributed by atoms with Gasteiger partial charge in [-0.25, -0.2) is 0 Å². The van der Waals surface area contributed by atoms with Crippen molar-refractivity contribution >= 4 is 11.8 Å². The van der Waals surface area contributed by atoms with Crippen molar-refractivity contribution in [1.82, 2.24) is 4.90 Å². The van der Waals surface area contributed by atoms with Gasteiger partial charge in [0.1, 0.15) is 0 Å². The number of imide groups is 1. The smallest absolute Gasteiger partial charge is 0.233 e. The number of unbranched alkanes of at least 4 members (excludes halogenated alkanes) is 2. The largest absolute Gasteiger partial charge is 0.282 e. The predicted molar refractivity (Wildman–Crippen MR) is 64.9 cm³/mol. The number of hydrogen-bond donors (Lipinski definition) is 0. The molecule has 92 valence electrons. The van der Waals surface area contributed by atoms with E-state index in [0.29, 0.717) is 6.54 Å². The van der Waals surface area contributed by atoms with Crippen LogP contribution < -0.4 is 0 Å². The van der Waals surface area contributed by atoms with E-state index >= 15 is 0 Å². The minimum atomic E-state index is -0.0103. The molecule has 1 aliphatic heterocycles. The molecule has 2 unspecified atom stereocenters. The summed E-state index contributed by atoms with van der Waals surface area (Å²) in [6, 6.07) is 0. The highest BCUT2D eigenvalue weighted by Gasteiger charge is 2.47. The van der Waals surface area contributed by atoms with E-state index in [2.05, 4.69) is 5.92 Å². The molecule has 3 heteroatoms. The van der Waals surface area contributed by atoms with Crippen LogP contribution in [0.25, 0.3) is 0 Å². The predicted octanol–water partition coefficient (Wildman–Crippen LogP) is 1.97. The van der Waals surface area contributed by atoms with Crippen molar-refractivity contribution < 1.29 is 9.59 Å². The van der Waals surface area contributed by atoms with Gasteiger partial charge < -0.3 is 0 Å². The maximum Gasteiger partial charge on any atom is 0.233 e. The molecule has 1 saturated carbocycles. The van der Waals surface area contributed by atoms with Crippen LogP contribution in [0, 0.1) is 24.2 Å². The lowest BCUT2D eigenvalue weighted by Gasteiger charge is -2.19. The fourth-order valence-electron chi connectivity index (χ4n) is 2.95. The molecule has 0 N–H and O–H groups in total. The van der Waals surface area contributed by atoms with Crippen LogP contribution in [0.4, 0.5) is 0 Å². The van der Waals surface area contributed by atoms with Crippen molar-refractivity contribution in [2.24, 2.45) is 11.8 Å². The lowest BCUT2D eigenvalue weighted by Crippen LogP contribution is -2.32. The molecule has 0 aromatic rings. The summed E-state index contributed by atoms with van der Waals surface area (Å²) in [6.07, 6.45) is 11.6. The zero-order valence-electron chi connectivity index (χ0n) is 10.2. The van der Waals surface area contributed by atoms with E-state index in [0.717, 1.165) is 44.9 Å². The topological polar surface area (TPSA) is 37.4 Å². The summed E-state index contributed by atoms with van der Waals surface area (Å²) in [4.78, 5) is 25.6. The Balaban J connectivity index is 1.92. The first-order chi connectivity index (χ1) is 8.25. The first kappa shape index (κ1) is 12.2. The fourth-order valence-corrected chi connectivity index (χ4v) is 2.95. The quantitative estimate of drug-likeness (QED) is 0.423. The molecule has 2 aliphatic rings. The van der Waals surface area contributed by atoms with Crippen LogP contribution in [0.5, 0.6) is 0 Å². The minimum Gasteiger partial charge on any atom is -0.282 e. The molecule has 1 aliphatic carbocycles. The summed E-state index contributed by atoms with van der Waals surface area (Å²) < 4.78 is 0. The fraction of sp³-hybridized carbons (Fsp3) is 0.714. The molecule has 0 spiro atoms. The average Bonchev–Trinajstić information content (AvgIpc) is 2.60. The van der Waals surface area contributed by atoms with E-state index in [1.54, 1.807) is 0 Å². The van der Waals surface area contributed by atoms with E-state index in [4.69, 9.17) is 6.42 Å². The van der Waals surface area contributed by atoms with Gasteiger partial charge in [-0.05, 0) is 25.7 Å². The molecule has 3 nitrogen and oxygen atoms in total. The molecule has 2 amide bonds. The molecule has 1 heterocycles. The Kier molecular flexibility index (Phi) is 3.83. The Morgan fingerprint density at radius 1 is 1.12 bits per heavy atom. The first-order valence-corrected chi connectivity index (χ1v) is 6.54. The van der Waals surface area contributed by atoms with Gasteiger partial charge in [0.15, 0.2) is 0 Å². The van der Waals surface area contributed by atoms with Crippen LogP contribution in [0.2, 0.25) is 0 Å². The number of carbonyl (C=O) groups is 2. The lowest BCUT2D eigenvalue weighted by molar-refractivity contribution is -0.139. The lowest BCUT2D eigenvalue weighted by atomic mass is 9.81. The van der Waals surface area contributed by atoms with Gasteiger partial charge in [0.05, 0.1) is 11.8 Å². The van der Waals surface area contributed by atoms with Gasteiger partial charge >= 0.3 is 0 Å². The number of amides is 2. The average molecular weight is 233 g/mol. The van der Waals surface area contributed by atoms with Crippen molar-refractivity contribution in [2.75, 3.05) is 6.54 Å². The number of likely N-dealkylation sites (tertiary alicyclic amines) is 1. The second-order valence-corrected chi connectivity index (χ2v) is 4.99. The van der Waals surface area contributed by atoms with E-state index in [-0.39, 0.29) is 23.7 Å². The van der Waals surface area contributed by atoms with Crippen LogP contribution in [0.15, 0.2) is 0 Å². The molecular formula is C14H19NO2. The minimum absolute atomic E-state index is 0.0103. The summed E-state index contributed by atoms with van der Waals surface area (Å²) in [7, 11) is 0. The SMILES string of the molecule is C#CCCCCN1C(=O)C2CCCCC2C1=O. The van der Waals surface area contributed by atoms with Crippen molar-refractivity contribution in [1.29, 1.82) is 0 Å². The molecule has 0 aromatic heterocycles. The molecule has 2 atom stereocenters. The van der Waals surface area contributed by atoms with Gasteiger partial charge in [0, 0.05) is 13.0 Å². The molecule has 0 aromatic carbocycles. The second kappa shape index (κ2) is 5.35. The Morgan fingerprint density at radius 2 is 1.71 bits per heavy atom. The van der Waals surface area contributed by atoms with Gasteiger partial charge in [-0.3, -0.25) is 14.5 Å². The van der Waals surface area contributed by atoms with Crippen LogP contribution in [-0.4, -0.2) is 23.3 Å². The zero-order valence-corrected chi connectivity index (χ0v) is 10.2. The summed E-state index contributed by atoms with van der Waals surface area (Å²) in [5, 5.41) is 0. The van der Waals surface area contributed by atoms with E-state index < -0.39 is 0 Å². The van der Waals surface area contributed by atoms with Gasteiger partial charge in [-0.2, -0.15) is 0 Å². The van der Waals surface area contributed by atoms with Gasteiger partial charge in [-0.1, -0.05) is 12.8 Å². The number of nitrogens with zero attached hydrogens (tertiary/aromatic N) is 1. The summed E-state index contributed by atoms with van der Waals surface area (Å²) in [6.45, 7) is 0.562. The number of fused-ring (bicyclic) bond motifs is 1. The van der Waals surface area contributed by atoms with E-state index in [1.807, 2.05) is 0 Å². The second-order valence-electron chi connectivity index (χ2n) is 4.99. The third kappa shape index (κ3) is 2.36. The molecule has 2 fully saturated rings. The molecule has 2 rings (SSSR count). The number of rotatable bonds is 4. The first-order valence-electron chi connectivity index (χ1n) is 6.54. The number of terminal acetylenes is 1. The standard InChI is InChI=1S/C14H19NO2/c1-2-3-4-7-10-15-13(16)11-8-5-6-9-12(11)14(15)17/h1,11-12H,3-10H2. The normalized spacial score (nSPS) is 28.1. The molecule has 0 bridgehead atoms. The summed E-state index contributed by atoms with van der Waals surface area (Å²) in [5.74, 6) is 2.70. The van der Waals surface area contributed by atoms with Crippen molar-refractivity contribution in [2.45, 2.75) is 44.9 Å². The molecular weight excluding hydrogens is 214 g/mol.